The van der Waals surface area contributed by atoms with Crippen molar-refractivity contribution < 1.29 is 9.53 Å². The molecule has 1 fully saturated rings. The van der Waals surface area contributed by atoms with Gasteiger partial charge in [-0.1, -0.05) is 0 Å². The van der Waals surface area contributed by atoms with E-state index in [0.29, 0.717) is 17.9 Å². The van der Waals surface area contributed by atoms with Crippen LogP contribution in [0.25, 0.3) is 10.9 Å². The molecule has 0 spiro atoms. The zero-order valence-corrected chi connectivity index (χ0v) is 11.7. The first-order valence-corrected chi connectivity index (χ1v) is 6.80. The highest BCUT2D eigenvalue weighted by Crippen LogP contribution is 2.27. The molecule has 0 radical (unpaired) electrons. The summed E-state index contributed by atoms with van der Waals surface area (Å²) in [6.45, 7) is 4.70. The van der Waals surface area contributed by atoms with E-state index >= 15 is 0 Å². The van der Waals surface area contributed by atoms with Crippen molar-refractivity contribution in [2.45, 2.75) is 31.9 Å². The van der Waals surface area contributed by atoms with Crippen LogP contribution in [0.5, 0.6) is 0 Å². The number of fused-ring (bicyclic) bond motifs is 1. The van der Waals surface area contributed by atoms with Crippen LogP contribution in [0.4, 0.5) is 5.69 Å². The number of ether oxygens (including phenoxy) is 1. The van der Waals surface area contributed by atoms with Gasteiger partial charge in [0.1, 0.15) is 0 Å². The second kappa shape index (κ2) is 4.52. The van der Waals surface area contributed by atoms with Gasteiger partial charge in [-0.15, -0.1) is 0 Å². The first-order valence-electron chi connectivity index (χ1n) is 6.80. The van der Waals surface area contributed by atoms with Crippen molar-refractivity contribution in [2.24, 2.45) is 0 Å². The summed E-state index contributed by atoms with van der Waals surface area (Å²) in [6.07, 6.45) is 2.57. The molecule has 2 unspecified atom stereocenters. The van der Waals surface area contributed by atoms with Crippen molar-refractivity contribution >= 4 is 22.5 Å². The number of carbonyl (C=O) groups excluding carboxylic acids is 1. The number of anilines is 1. The molecule has 0 bridgehead atoms. The SMILES string of the molecule is CC1OCCC1(C)NC(=O)c1c[nH]c2cc(N)ccc12. The summed E-state index contributed by atoms with van der Waals surface area (Å²) in [5.74, 6) is -0.0825. The second-order valence-electron chi connectivity index (χ2n) is 5.64. The van der Waals surface area contributed by atoms with Gasteiger partial charge in [0.2, 0.25) is 0 Å². The minimum absolute atomic E-state index is 0.0206. The van der Waals surface area contributed by atoms with Crippen LogP contribution in [0.1, 0.15) is 30.6 Å². The molecule has 2 aromatic rings. The molecule has 2 atom stereocenters. The summed E-state index contributed by atoms with van der Waals surface area (Å²) >= 11 is 0. The highest BCUT2D eigenvalue weighted by molar-refractivity contribution is 6.07. The van der Waals surface area contributed by atoms with Crippen molar-refractivity contribution in [1.29, 1.82) is 0 Å². The fraction of sp³-hybridized carbons (Fsp3) is 0.400. The zero-order valence-electron chi connectivity index (χ0n) is 11.7. The maximum atomic E-state index is 12.5. The molecule has 20 heavy (non-hydrogen) atoms. The lowest BCUT2D eigenvalue weighted by molar-refractivity contribution is 0.0728. The largest absolute Gasteiger partial charge is 0.399 e. The Balaban J connectivity index is 1.89. The van der Waals surface area contributed by atoms with Crippen LogP contribution in [0.15, 0.2) is 24.4 Å². The fourth-order valence-corrected chi connectivity index (χ4v) is 2.66. The number of nitrogens with one attached hydrogen (secondary N) is 2. The van der Waals surface area contributed by atoms with Crippen LogP contribution in [-0.4, -0.2) is 29.1 Å². The molecule has 1 amide bonds. The maximum absolute atomic E-state index is 12.5. The van der Waals surface area contributed by atoms with E-state index in [4.69, 9.17) is 10.5 Å². The lowest BCUT2D eigenvalue weighted by Crippen LogP contribution is -2.50. The number of H-pyrrole nitrogens is 1. The summed E-state index contributed by atoms with van der Waals surface area (Å²) in [5.41, 5.74) is 7.62. The molecule has 1 aromatic heterocycles. The van der Waals surface area contributed by atoms with Gasteiger partial charge in [0, 0.05) is 29.4 Å². The number of nitrogen functional groups attached to an aromatic ring is 1. The number of nitrogens with two attached hydrogens (primary N) is 1. The van der Waals surface area contributed by atoms with Crippen LogP contribution in [0.3, 0.4) is 0 Å². The molecular formula is C15H19N3O2. The Bertz CT molecular complexity index is 664. The first kappa shape index (κ1) is 13.0. The number of rotatable bonds is 2. The van der Waals surface area contributed by atoms with E-state index in [1.165, 1.54) is 0 Å². The van der Waals surface area contributed by atoms with Crippen LogP contribution >= 0.6 is 0 Å². The topological polar surface area (TPSA) is 80.1 Å². The maximum Gasteiger partial charge on any atom is 0.253 e. The number of aromatic nitrogens is 1. The minimum atomic E-state index is -0.311. The Morgan fingerprint density at radius 2 is 2.35 bits per heavy atom. The van der Waals surface area contributed by atoms with Gasteiger partial charge in [0.25, 0.3) is 5.91 Å². The number of carbonyl (C=O) groups is 1. The number of aromatic amines is 1. The molecule has 5 heteroatoms. The lowest BCUT2D eigenvalue weighted by Gasteiger charge is -2.28. The molecule has 5 nitrogen and oxygen atoms in total. The molecule has 1 saturated heterocycles. The molecule has 0 aliphatic carbocycles. The van der Waals surface area contributed by atoms with Crippen LogP contribution in [-0.2, 0) is 4.74 Å². The third-order valence-corrected chi connectivity index (χ3v) is 4.24. The number of amides is 1. The van der Waals surface area contributed by atoms with E-state index in [0.717, 1.165) is 17.3 Å². The van der Waals surface area contributed by atoms with Gasteiger partial charge in [0.05, 0.1) is 17.2 Å². The van der Waals surface area contributed by atoms with E-state index in [9.17, 15) is 4.79 Å². The van der Waals surface area contributed by atoms with Crippen molar-refractivity contribution in [2.75, 3.05) is 12.3 Å². The van der Waals surface area contributed by atoms with Crippen molar-refractivity contribution in [3.63, 3.8) is 0 Å². The molecule has 4 N–H and O–H groups in total. The molecule has 1 aromatic carbocycles. The van der Waals surface area contributed by atoms with Crippen molar-refractivity contribution in [3.8, 4) is 0 Å². The number of benzene rings is 1. The average molecular weight is 273 g/mol. The fourth-order valence-electron chi connectivity index (χ4n) is 2.66. The molecule has 1 aliphatic heterocycles. The van der Waals surface area contributed by atoms with Gasteiger partial charge in [0.15, 0.2) is 0 Å². The second-order valence-corrected chi connectivity index (χ2v) is 5.64. The molecule has 1 aliphatic rings. The third-order valence-electron chi connectivity index (χ3n) is 4.24. The van der Waals surface area contributed by atoms with Crippen LogP contribution in [0, 0.1) is 0 Å². The number of hydrogen-bond donors (Lipinski definition) is 3. The van der Waals surface area contributed by atoms with Gasteiger partial charge in [-0.25, -0.2) is 0 Å². The molecular weight excluding hydrogens is 254 g/mol. The summed E-state index contributed by atoms with van der Waals surface area (Å²) in [7, 11) is 0. The van der Waals surface area contributed by atoms with Gasteiger partial charge in [-0.2, -0.15) is 0 Å². The quantitative estimate of drug-likeness (QED) is 0.733. The first-order chi connectivity index (χ1) is 9.49. The van der Waals surface area contributed by atoms with Gasteiger partial charge >= 0.3 is 0 Å². The van der Waals surface area contributed by atoms with E-state index in [1.807, 2.05) is 26.0 Å². The molecule has 3 rings (SSSR count). The lowest BCUT2D eigenvalue weighted by atomic mass is 9.94. The Morgan fingerprint density at radius 1 is 1.55 bits per heavy atom. The Labute approximate surface area is 117 Å². The normalized spacial score (nSPS) is 26.0. The van der Waals surface area contributed by atoms with E-state index < -0.39 is 0 Å². The van der Waals surface area contributed by atoms with Crippen LogP contribution < -0.4 is 11.1 Å². The summed E-state index contributed by atoms with van der Waals surface area (Å²) in [5, 5.41) is 3.98. The highest BCUT2D eigenvalue weighted by atomic mass is 16.5. The average Bonchev–Trinajstić information content (AvgIpc) is 2.94. The van der Waals surface area contributed by atoms with E-state index in [-0.39, 0.29) is 17.6 Å². The molecule has 0 saturated carbocycles. The van der Waals surface area contributed by atoms with Crippen LogP contribution in [0.2, 0.25) is 0 Å². The van der Waals surface area contributed by atoms with E-state index in [1.54, 1.807) is 12.3 Å². The Morgan fingerprint density at radius 3 is 3.05 bits per heavy atom. The molecule has 106 valence electrons. The predicted molar refractivity (Wildman–Crippen MR) is 78.6 cm³/mol. The number of hydrogen-bond acceptors (Lipinski definition) is 3. The van der Waals surface area contributed by atoms with Crippen molar-refractivity contribution in [1.82, 2.24) is 10.3 Å². The molecule has 2 heterocycles. The van der Waals surface area contributed by atoms with E-state index in [2.05, 4.69) is 10.3 Å². The summed E-state index contributed by atoms with van der Waals surface area (Å²) < 4.78 is 5.55. The van der Waals surface area contributed by atoms with Gasteiger partial charge in [-0.05, 0) is 38.5 Å². The van der Waals surface area contributed by atoms with Gasteiger partial charge < -0.3 is 20.8 Å². The Hall–Kier alpha value is -2.01. The third kappa shape index (κ3) is 2.04. The summed E-state index contributed by atoms with van der Waals surface area (Å²) in [6, 6.07) is 5.50. The smallest absolute Gasteiger partial charge is 0.253 e. The van der Waals surface area contributed by atoms with Crippen molar-refractivity contribution in [3.05, 3.63) is 30.0 Å². The highest BCUT2D eigenvalue weighted by Gasteiger charge is 2.38. The Kier molecular flexibility index (Phi) is 2.94. The summed E-state index contributed by atoms with van der Waals surface area (Å²) in [4.78, 5) is 15.6. The van der Waals surface area contributed by atoms with Gasteiger partial charge in [-0.3, -0.25) is 4.79 Å². The predicted octanol–water partition coefficient (Wildman–Crippen LogP) is 2.05. The standard InChI is InChI=1S/C15H19N3O2/c1-9-15(2,5-6-20-9)18-14(19)12-8-17-13-7-10(16)3-4-11(12)13/h3-4,7-9,17H,5-6,16H2,1-2H3,(H,18,19). The minimum Gasteiger partial charge on any atom is -0.399 e. The monoisotopic (exact) mass is 273 g/mol. The zero-order chi connectivity index (χ0) is 14.3.